The molecule has 0 saturated heterocycles. The zero-order chi connectivity index (χ0) is 13.8. The molecule has 0 spiro atoms. The molecule has 0 aliphatic carbocycles. The van der Waals surface area contributed by atoms with Gasteiger partial charge in [0, 0.05) is 21.1 Å². The minimum absolute atomic E-state index is 0.137. The maximum absolute atomic E-state index is 11.7. The molecule has 1 aromatic heterocycles. The third-order valence-electron chi connectivity index (χ3n) is 2.21. The average Bonchev–Trinajstić information content (AvgIpc) is 2.73. The standard InChI is InChI=1S/C12H12BrN3O2S/c1-7-4-11(16-18-7)15-12(17)6-19-10-3-2-8(14)5-9(10)13/h2-5H,6,14H2,1H3,(H,15,16,17). The summed E-state index contributed by atoms with van der Waals surface area (Å²) in [6.45, 7) is 1.77. The van der Waals surface area contributed by atoms with E-state index in [4.69, 9.17) is 10.3 Å². The van der Waals surface area contributed by atoms with Crippen LogP contribution in [0.1, 0.15) is 5.76 Å². The van der Waals surface area contributed by atoms with E-state index in [0.717, 1.165) is 9.37 Å². The fourth-order valence-electron chi connectivity index (χ4n) is 1.38. The lowest BCUT2D eigenvalue weighted by atomic mass is 10.3. The molecule has 2 rings (SSSR count). The third kappa shape index (κ3) is 4.00. The van der Waals surface area contributed by atoms with Crippen molar-refractivity contribution in [3.63, 3.8) is 0 Å². The zero-order valence-electron chi connectivity index (χ0n) is 10.1. The second-order valence-electron chi connectivity index (χ2n) is 3.85. The maximum atomic E-state index is 11.7. The summed E-state index contributed by atoms with van der Waals surface area (Å²) in [4.78, 5) is 12.7. The van der Waals surface area contributed by atoms with E-state index in [1.165, 1.54) is 11.8 Å². The largest absolute Gasteiger partial charge is 0.399 e. The molecule has 0 aliphatic rings. The van der Waals surface area contributed by atoms with E-state index in [2.05, 4.69) is 26.4 Å². The molecule has 0 unspecified atom stereocenters. The Bertz CT molecular complexity index is 600. The zero-order valence-corrected chi connectivity index (χ0v) is 12.5. The van der Waals surface area contributed by atoms with Crippen LogP contribution in [0.3, 0.4) is 0 Å². The van der Waals surface area contributed by atoms with E-state index >= 15 is 0 Å². The van der Waals surface area contributed by atoms with Crippen molar-refractivity contribution in [3.05, 3.63) is 34.5 Å². The van der Waals surface area contributed by atoms with Crippen molar-refractivity contribution in [2.45, 2.75) is 11.8 Å². The highest BCUT2D eigenvalue weighted by Crippen LogP contribution is 2.29. The second kappa shape index (κ2) is 6.12. The number of nitrogens with zero attached hydrogens (tertiary/aromatic N) is 1. The van der Waals surface area contributed by atoms with Gasteiger partial charge in [0.15, 0.2) is 5.82 Å². The van der Waals surface area contributed by atoms with Crippen LogP contribution in [0.25, 0.3) is 0 Å². The van der Waals surface area contributed by atoms with Crippen molar-refractivity contribution >= 4 is 45.1 Å². The molecule has 0 aliphatic heterocycles. The minimum Gasteiger partial charge on any atom is -0.399 e. The van der Waals surface area contributed by atoms with E-state index in [9.17, 15) is 4.79 Å². The summed E-state index contributed by atoms with van der Waals surface area (Å²) in [5, 5.41) is 6.36. The predicted molar refractivity (Wildman–Crippen MR) is 79.1 cm³/mol. The number of nitrogens with two attached hydrogens (primary N) is 1. The van der Waals surface area contributed by atoms with Crippen LogP contribution in [-0.2, 0) is 4.79 Å². The molecule has 19 heavy (non-hydrogen) atoms. The Morgan fingerprint density at radius 3 is 2.95 bits per heavy atom. The highest BCUT2D eigenvalue weighted by Gasteiger charge is 2.08. The lowest BCUT2D eigenvalue weighted by molar-refractivity contribution is -0.113. The molecule has 1 aromatic carbocycles. The number of thioether (sulfide) groups is 1. The number of carbonyl (C=O) groups excluding carboxylic acids is 1. The molecular weight excluding hydrogens is 330 g/mol. The van der Waals surface area contributed by atoms with Crippen molar-refractivity contribution < 1.29 is 9.32 Å². The quantitative estimate of drug-likeness (QED) is 0.659. The summed E-state index contributed by atoms with van der Waals surface area (Å²) < 4.78 is 5.74. The molecule has 100 valence electrons. The Kier molecular flexibility index (Phi) is 4.49. The van der Waals surface area contributed by atoms with E-state index in [-0.39, 0.29) is 11.7 Å². The Hall–Kier alpha value is -1.47. The van der Waals surface area contributed by atoms with Crippen LogP contribution in [0, 0.1) is 6.92 Å². The van der Waals surface area contributed by atoms with Crippen molar-refractivity contribution in [2.24, 2.45) is 0 Å². The van der Waals surface area contributed by atoms with Crippen LogP contribution in [-0.4, -0.2) is 16.8 Å². The number of nitrogen functional groups attached to an aromatic ring is 1. The Labute approximate surface area is 123 Å². The molecule has 0 radical (unpaired) electrons. The van der Waals surface area contributed by atoms with Gasteiger partial charge in [0.25, 0.3) is 0 Å². The summed E-state index contributed by atoms with van der Waals surface area (Å²) in [6, 6.07) is 7.15. The van der Waals surface area contributed by atoms with Gasteiger partial charge in [-0.3, -0.25) is 4.79 Å². The van der Waals surface area contributed by atoms with Crippen molar-refractivity contribution in [2.75, 3.05) is 16.8 Å². The number of aryl methyl sites for hydroxylation is 1. The van der Waals surface area contributed by atoms with Crippen molar-refractivity contribution in [3.8, 4) is 0 Å². The van der Waals surface area contributed by atoms with Crippen LogP contribution >= 0.6 is 27.7 Å². The monoisotopic (exact) mass is 341 g/mol. The molecular formula is C12H12BrN3O2S. The Morgan fingerprint density at radius 1 is 1.53 bits per heavy atom. The van der Waals surface area contributed by atoms with Crippen LogP contribution in [0.4, 0.5) is 11.5 Å². The van der Waals surface area contributed by atoms with Crippen LogP contribution in [0.15, 0.2) is 38.2 Å². The smallest absolute Gasteiger partial charge is 0.235 e. The molecule has 0 atom stereocenters. The van der Waals surface area contributed by atoms with Crippen LogP contribution < -0.4 is 11.1 Å². The SMILES string of the molecule is Cc1cc(NC(=O)CSc2ccc(N)cc2Br)no1. The summed E-state index contributed by atoms with van der Waals surface area (Å²) in [7, 11) is 0. The Morgan fingerprint density at radius 2 is 2.32 bits per heavy atom. The van der Waals surface area contributed by atoms with Gasteiger partial charge in [-0.15, -0.1) is 11.8 Å². The first-order valence-electron chi connectivity index (χ1n) is 5.45. The summed E-state index contributed by atoms with van der Waals surface area (Å²) in [5.41, 5.74) is 6.33. The first kappa shape index (κ1) is 14.0. The van der Waals surface area contributed by atoms with Gasteiger partial charge in [0.05, 0.1) is 5.75 Å². The first-order valence-corrected chi connectivity index (χ1v) is 7.23. The molecule has 1 amide bonds. The van der Waals surface area contributed by atoms with E-state index in [0.29, 0.717) is 17.3 Å². The number of nitrogens with one attached hydrogen (secondary N) is 1. The molecule has 0 saturated carbocycles. The molecule has 5 nitrogen and oxygen atoms in total. The molecule has 1 heterocycles. The first-order chi connectivity index (χ1) is 9.04. The number of anilines is 2. The van der Waals surface area contributed by atoms with Gasteiger partial charge < -0.3 is 15.6 Å². The van der Waals surface area contributed by atoms with Gasteiger partial charge in [-0.05, 0) is 41.1 Å². The number of hydrogen-bond donors (Lipinski definition) is 2. The summed E-state index contributed by atoms with van der Waals surface area (Å²) in [6.07, 6.45) is 0. The minimum atomic E-state index is -0.137. The molecule has 7 heteroatoms. The fraction of sp³-hybridized carbons (Fsp3) is 0.167. The Balaban J connectivity index is 1.89. The normalized spacial score (nSPS) is 10.4. The van der Waals surface area contributed by atoms with Gasteiger partial charge in [-0.1, -0.05) is 5.16 Å². The van der Waals surface area contributed by atoms with Crippen LogP contribution in [0.5, 0.6) is 0 Å². The molecule has 0 bridgehead atoms. The fourth-order valence-corrected chi connectivity index (χ4v) is 2.84. The number of aromatic nitrogens is 1. The third-order valence-corrected chi connectivity index (χ3v) is 4.20. The summed E-state index contributed by atoms with van der Waals surface area (Å²) in [5.74, 6) is 1.24. The van der Waals surface area contributed by atoms with E-state index in [1.807, 2.05) is 6.07 Å². The number of rotatable bonds is 4. The average molecular weight is 342 g/mol. The number of carbonyl (C=O) groups is 1. The van der Waals surface area contributed by atoms with Gasteiger partial charge in [-0.25, -0.2) is 0 Å². The van der Waals surface area contributed by atoms with Gasteiger partial charge >= 0.3 is 0 Å². The van der Waals surface area contributed by atoms with Crippen molar-refractivity contribution in [1.82, 2.24) is 5.16 Å². The molecule has 3 N–H and O–H groups in total. The molecule has 2 aromatic rings. The highest BCUT2D eigenvalue weighted by molar-refractivity contribution is 9.10. The maximum Gasteiger partial charge on any atom is 0.235 e. The summed E-state index contributed by atoms with van der Waals surface area (Å²) >= 11 is 4.82. The lowest BCUT2D eigenvalue weighted by Crippen LogP contribution is -2.14. The topological polar surface area (TPSA) is 81.2 Å². The molecule has 0 fully saturated rings. The number of hydrogen-bond acceptors (Lipinski definition) is 5. The van der Waals surface area contributed by atoms with Gasteiger partial charge in [0.2, 0.25) is 5.91 Å². The second-order valence-corrected chi connectivity index (χ2v) is 5.72. The number of halogens is 1. The van der Waals surface area contributed by atoms with E-state index < -0.39 is 0 Å². The lowest BCUT2D eigenvalue weighted by Gasteiger charge is -2.05. The van der Waals surface area contributed by atoms with Gasteiger partial charge in [0.1, 0.15) is 5.76 Å². The van der Waals surface area contributed by atoms with Crippen LogP contribution in [0.2, 0.25) is 0 Å². The van der Waals surface area contributed by atoms with Gasteiger partial charge in [-0.2, -0.15) is 0 Å². The van der Waals surface area contributed by atoms with Crippen molar-refractivity contribution in [1.29, 1.82) is 0 Å². The number of benzene rings is 1. The highest BCUT2D eigenvalue weighted by atomic mass is 79.9. The predicted octanol–water partition coefficient (Wildman–Crippen LogP) is 3.06. The van der Waals surface area contributed by atoms with E-state index in [1.54, 1.807) is 25.1 Å². The number of amides is 1.